The Balaban J connectivity index is 3.45. The molecule has 75 heavy (non-hydrogen) atoms. The zero-order chi connectivity index (χ0) is 54.3. The third-order valence-corrected chi connectivity index (χ3v) is 16.0. The average Bonchev–Trinajstić information content (AvgIpc) is 3.41. The van der Waals surface area contributed by atoms with E-state index in [1.807, 2.05) is 6.08 Å². The lowest BCUT2D eigenvalue weighted by atomic mass is 10.0. The third kappa shape index (κ3) is 61.4. The lowest BCUT2D eigenvalue weighted by molar-refractivity contribution is -0.143. The predicted molar refractivity (Wildman–Crippen MR) is 329 cm³/mol. The molecule has 6 heteroatoms. The first-order valence-electron chi connectivity index (χ1n) is 34.1. The molecule has 0 saturated heterocycles. The van der Waals surface area contributed by atoms with Crippen LogP contribution in [-0.4, -0.2) is 47.4 Å². The van der Waals surface area contributed by atoms with Gasteiger partial charge in [0.25, 0.3) is 0 Å². The van der Waals surface area contributed by atoms with Crippen molar-refractivity contribution in [2.45, 2.75) is 392 Å². The monoisotopic (exact) mass is 1060 g/mol. The van der Waals surface area contributed by atoms with Gasteiger partial charge in [-0.1, -0.05) is 334 Å². The summed E-state index contributed by atoms with van der Waals surface area (Å²) in [5, 5.41) is 23.3. The number of hydrogen-bond donors (Lipinski definition) is 3. The highest BCUT2D eigenvalue weighted by atomic mass is 16.5. The fourth-order valence-electron chi connectivity index (χ4n) is 10.7. The number of hydrogen-bond acceptors (Lipinski definition) is 5. The molecule has 0 aliphatic rings. The first-order valence-corrected chi connectivity index (χ1v) is 34.1. The van der Waals surface area contributed by atoms with Crippen molar-refractivity contribution in [3.63, 3.8) is 0 Å². The van der Waals surface area contributed by atoms with Gasteiger partial charge >= 0.3 is 5.97 Å². The highest BCUT2D eigenvalue weighted by Crippen LogP contribution is 2.18. The van der Waals surface area contributed by atoms with E-state index in [0.717, 1.165) is 44.9 Å². The molecule has 0 fully saturated rings. The van der Waals surface area contributed by atoms with E-state index in [0.29, 0.717) is 19.4 Å². The summed E-state index contributed by atoms with van der Waals surface area (Å²) in [7, 11) is 0. The van der Waals surface area contributed by atoms with Crippen LogP contribution in [0.4, 0.5) is 0 Å². The van der Waals surface area contributed by atoms with E-state index in [1.54, 1.807) is 6.08 Å². The Hall–Kier alpha value is -1.66. The van der Waals surface area contributed by atoms with Crippen LogP contribution in [-0.2, 0) is 14.3 Å². The molecule has 6 nitrogen and oxygen atoms in total. The van der Waals surface area contributed by atoms with Crippen molar-refractivity contribution < 1.29 is 24.5 Å². The molecule has 0 aromatic carbocycles. The Morgan fingerprint density at radius 2 is 0.627 bits per heavy atom. The van der Waals surface area contributed by atoms with E-state index < -0.39 is 12.1 Å². The number of amides is 1. The van der Waals surface area contributed by atoms with Crippen LogP contribution >= 0.6 is 0 Å². The van der Waals surface area contributed by atoms with Gasteiger partial charge in [-0.3, -0.25) is 9.59 Å². The number of carbonyl (C=O) groups excluding carboxylic acids is 2. The zero-order valence-corrected chi connectivity index (χ0v) is 50.8. The molecule has 0 rings (SSSR count). The molecule has 2 atom stereocenters. The smallest absolute Gasteiger partial charge is 0.305 e. The molecule has 0 aromatic rings. The second kappa shape index (κ2) is 64.9. The molecule has 0 aliphatic heterocycles. The van der Waals surface area contributed by atoms with Crippen molar-refractivity contribution >= 4 is 11.9 Å². The summed E-state index contributed by atoms with van der Waals surface area (Å²) in [6.07, 6.45) is 81.0. The molecule has 0 heterocycles. The molecule has 1 amide bonds. The molecular formula is C69H133NO5. The van der Waals surface area contributed by atoms with Gasteiger partial charge in [0.15, 0.2) is 0 Å². The van der Waals surface area contributed by atoms with E-state index in [2.05, 4.69) is 31.3 Å². The maximum absolute atomic E-state index is 12.5. The number of rotatable bonds is 64. The van der Waals surface area contributed by atoms with E-state index in [9.17, 15) is 19.8 Å². The lowest BCUT2D eigenvalue weighted by Gasteiger charge is -2.20. The molecule has 0 saturated carbocycles. The standard InChI is InChI=1S/C69H133NO5/c1-3-5-7-9-11-13-15-17-18-19-20-21-22-23-24-26-29-32-35-38-41-45-49-53-57-61-67(72)66(65-71)70-68(73)62-58-54-50-46-42-39-36-33-30-27-25-28-31-34-37-40-44-48-52-56-60-64-75-69(74)63-59-55-51-47-43-16-14-12-10-8-6-4-2/h27,30,57,61,66-67,71-72H,3-26,28-29,31-56,58-60,62-65H2,1-2H3,(H,70,73)/b30-27-,61-57+. The predicted octanol–water partition coefficient (Wildman–Crippen LogP) is 21.8. The molecule has 0 bridgehead atoms. The number of nitrogens with one attached hydrogen (secondary N) is 1. The van der Waals surface area contributed by atoms with Crippen LogP contribution in [0.25, 0.3) is 0 Å². The summed E-state index contributed by atoms with van der Waals surface area (Å²) >= 11 is 0. The van der Waals surface area contributed by atoms with Gasteiger partial charge in [0.05, 0.1) is 25.4 Å². The Morgan fingerprint density at radius 1 is 0.360 bits per heavy atom. The SMILES string of the molecule is CCCCCCCCCCCCCCCCCCCCCCCCC/C=C/C(O)C(CO)NC(=O)CCCCCCCCC/C=C\CCCCCCCCCCCCOC(=O)CCCCCCCCCCCCCC. The van der Waals surface area contributed by atoms with E-state index in [4.69, 9.17) is 4.74 Å². The summed E-state index contributed by atoms with van der Waals surface area (Å²) in [6.45, 7) is 4.93. The number of allylic oxidation sites excluding steroid dienone is 3. The zero-order valence-electron chi connectivity index (χ0n) is 50.8. The number of esters is 1. The van der Waals surface area contributed by atoms with Gasteiger partial charge in [0.1, 0.15) is 0 Å². The van der Waals surface area contributed by atoms with Gasteiger partial charge in [0, 0.05) is 12.8 Å². The Kier molecular flexibility index (Phi) is 63.4. The van der Waals surface area contributed by atoms with E-state index in [-0.39, 0.29) is 18.5 Å². The van der Waals surface area contributed by atoms with Gasteiger partial charge < -0.3 is 20.3 Å². The molecule has 2 unspecified atom stereocenters. The minimum atomic E-state index is -0.851. The first-order chi connectivity index (χ1) is 37.0. The number of ether oxygens (including phenoxy) is 1. The topological polar surface area (TPSA) is 95.9 Å². The van der Waals surface area contributed by atoms with Gasteiger partial charge in [-0.15, -0.1) is 0 Å². The number of carbonyl (C=O) groups is 2. The second-order valence-electron chi connectivity index (χ2n) is 23.5. The summed E-state index contributed by atoms with van der Waals surface area (Å²) < 4.78 is 5.47. The van der Waals surface area contributed by atoms with Crippen molar-refractivity contribution in [2.24, 2.45) is 0 Å². The van der Waals surface area contributed by atoms with Crippen molar-refractivity contribution in [2.75, 3.05) is 13.2 Å². The number of unbranched alkanes of at least 4 members (excludes halogenated alkanes) is 51. The number of aliphatic hydroxyl groups is 2. The van der Waals surface area contributed by atoms with E-state index in [1.165, 1.54) is 308 Å². The van der Waals surface area contributed by atoms with Gasteiger partial charge in [-0.25, -0.2) is 0 Å². The van der Waals surface area contributed by atoms with Crippen LogP contribution in [0.3, 0.4) is 0 Å². The highest BCUT2D eigenvalue weighted by molar-refractivity contribution is 5.76. The summed E-state index contributed by atoms with van der Waals surface area (Å²) in [4.78, 5) is 24.5. The minimum absolute atomic E-state index is 0.00902. The fraction of sp³-hybridized carbons (Fsp3) is 0.913. The molecule has 0 aromatic heterocycles. The van der Waals surface area contributed by atoms with Crippen molar-refractivity contribution in [3.05, 3.63) is 24.3 Å². The van der Waals surface area contributed by atoms with Crippen LogP contribution in [0, 0.1) is 0 Å². The molecule has 0 spiro atoms. The van der Waals surface area contributed by atoms with Crippen molar-refractivity contribution in [1.82, 2.24) is 5.32 Å². The average molecular weight is 1060 g/mol. The Bertz CT molecular complexity index is 1170. The molecule has 3 N–H and O–H groups in total. The van der Waals surface area contributed by atoms with Crippen molar-refractivity contribution in [1.29, 1.82) is 0 Å². The van der Waals surface area contributed by atoms with Crippen LogP contribution < -0.4 is 5.32 Å². The number of aliphatic hydroxyl groups excluding tert-OH is 2. The summed E-state index contributed by atoms with van der Waals surface area (Å²) in [5.74, 6) is -0.0625. The molecule has 0 radical (unpaired) electrons. The normalized spacial score (nSPS) is 12.6. The quantitative estimate of drug-likeness (QED) is 0.0320. The van der Waals surface area contributed by atoms with Crippen LogP contribution in [0.1, 0.15) is 380 Å². The van der Waals surface area contributed by atoms with Crippen LogP contribution in [0.15, 0.2) is 24.3 Å². The first kappa shape index (κ1) is 73.3. The van der Waals surface area contributed by atoms with Gasteiger partial charge in [0.2, 0.25) is 5.91 Å². The molecular weight excluding hydrogens is 923 g/mol. The van der Waals surface area contributed by atoms with Gasteiger partial charge in [-0.05, 0) is 57.8 Å². The fourth-order valence-corrected chi connectivity index (χ4v) is 10.7. The maximum atomic E-state index is 12.5. The van der Waals surface area contributed by atoms with Crippen LogP contribution in [0.5, 0.6) is 0 Å². The van der Waals surface area contributed by atoms with Gasteiger partial charge in [-0.2, -0.15) is 0 Å². The van der Waals surface area contributed by atoms with Crippen molar-refractivity contribution in [3.8, 4) is 0 Å². The Labute approximate surface area is 469 Å². The lowest BCUT2D eigenvalue weighted by Crippen LogP contribution is -2.45. The summed E-state index contributed by atoms with van der Waals surface area (Å²) in [6, 6.07) is -0.635. The summed E-state index contributed by atoms with van der Waals surface area (Å²) in [5.41, 5.74) is 0. The maximum Gasteiger partial charge on any atom is 0.305 e. The highest BCUT2D eigenvalue weighted by Gasteiger charge is 2.18. The largest absolute Gasteiger partial charge is 0.466 e. The van der Waals surface area contributed by atoms with Crippen LogP contribution in [0.2, 0.25) is 0 Å². The molecule has 0 aliphatic carbocycles. The second-order valence-corrected chi connectivity index (χ2v) is 23.5. The van der Waals surface area contributed by atoms with E-state index >= 15 is 0 Å². The minimum Gasteiger partial charge on any atom is -0.466 e. The third-order valence-electron chi connectivity index (χ3n) is 16.0. The Morgan fingerprint density at radius 3 is 0.947 bits per heavy atom. The molecule has 444 valence electrons.